The Morgan fingerprint density at radius 1 is 1.38 bits per heavy atom. The second-order valence-electron chi connectivity index (χ2n) is 4.82. The standard InChI is InChI=1S/C15H19BrN4O/c1-20-11-12(10-19-20)9-17-6-3-7-18-15(21)13-4-2-5-14(16)8-13/h2,4-5,8,10-11,17H,3,6-7,9H2,1H3,(H,18,21). The molecular formula is C15H19BrN4O. The molecule has 0 saturated heterocycles. The van der Waals surface area contributed by atoms with Gasteiger partial charge in [0, 0.05) is 41.9 Å². The van der Waals surface area contributed by atoms with Gasteiger partial charge in [-0.25, -0.2) is 0 Å². The molecule has 0 saturated carbocycles. The van der Waals surface area contributed by atoms with Gasteiger partial charge in [-0.15, -0.1) is 0 Å². The lowest BCUT2D eigenvalue weighted by atomic mass is 10.2. The van der Waals surface area contributed by atoms with Crippen molar-refractivity contribution in [2.24, 2.45) is 7.05 Å². The van der Waals surface area contributed by atoms with Gasteiger partial charge in [-0.3, -0.25) is 9.48 Å². The summed E-state index contributed by atoms with van der Waals surface area (Å²) in [5.74, 6) is -0.0384. The van der Waals surface area contributed by atoms with Gasteiger partial charge in [0.25, 0.3) is 5.91 Å². The quantitative estimate of drug-likeness (QED) is 0.751. The largest absolute Gasteiger partial charge is 0.352 e. The summed E-state index contributed by atoms with van der Waals surface area (Å²) in [5, 5.41) is 10.3. The number of nitrogens with zero attached hydrogens (tertiary/aromatic N) is 2. The van der Waals surface area contributed by atoms with Crippen molar-refractivity contribution in [3.05, 3.63) is 52.3 Å². The zero-order chi connectivity index (χ0) is 15.1. The lowest BCUT2D eigenvalue weighted by Crippen LogP contribution is -2.27. The maximum atomic E-state index is 11.9. The van der Waals surface area contributed by atoms with E-state index >= 15 is 0 Å². The Bertz CT molecular complexity index is 597. The van der Waals surface area contributed by atoms with Crippen molar-refractivity contribution < 1.29 is 4.79 Å². The third-order valence-electron chi connectivity index (χ3n) is 2.99. The molecule has 0 aliphatic carbocycles. The molecule has 2 rings (SSSR count). The maximum Gasteiger partial charge on any atom is 0.251 e. The molecule has 0 atom stereocenters. The molecule has 5 nitrogen and oxygen atoms in total. The van der Waals surface area contributed by atoms with Gasteiger partial charge in [0.15, 0.2) is 0 Å². The van der Waals surface area contributed by atoms with Gasteiger partial charge >= 0.3 is 0 Å². The van der Waals surface area contributed by atoms with Crippen LogP contribution in [0.5, 0.6) is 0 Å². The van der Waals surface area contributed by atoms with Crippen molar-refractivity contribution in [3.63, 3.8) is 0 Å². The van der Waals surface area contributed by atoms with Crippen LogP contribution in [0.2, 0.25) is 0 Å². The summed E-state index contributed by atoms with van der Waals surface area (Å²) >= 11 is 3.36. The summed E-state index contributed by atoms with van der Waals surface area (Å²) < 4.78 is 2.70. The second-order valence-corrected chi connectivity index (χ2v) is 5.73. The minimum atomic E-state index is -0.0384. The normalized spacial score (nSPS) is 10.6. The molecule has 2 N–H and O–H groups in total. The topological polar surface area (TPSA) is 59.0 Å². The van der Waals surface area contributed by atoms with Gasteiger partial charge in [-0.05, 0) is 31.2 Å². The average molecular weight is 351 g/mol. The van der Waals surface area contributed by atoms with Crippen LogP contribution in [0.3, 0.4) is 0 Å². The molecule has 6 heteroatoms. The van der Waals surface area contributed by atoms with Gasteiger partial charge in [0.2, 0.25) is 0 Å². The predicted octanol–water partition coefficient (Wildman–Crippen LogP) is 2.09. The van der Waals surface area contributed by atoms with Gasteiger partial charge in [0.05, 0.1) is 6.20 Å². The number of halogens is 1. The van der Waals surface area contributed by atoms with Crippen LogP contribution in [-0.4, -0.2) is 28.8 Å². The molecule has 1 amide bonds. The minimum absolute atomic E-state index is 0.0384. The first-order chi connectivity index (χ1) is 10.1. The van der Waals surface area contributed by atoms with Crippen LogP contribution in [0.25, 0.3) is 0 Å². The van der Waals surface area contributed by atoms with Crippen LogP contribution in [0, 0.1) is 0 Å². The molecule has 21 heavy (non-hydrogen) atoms. The van der Waals surface area contributed by atoms with E-state index in [1.807, 2.05) is 37.6 Å². The first-order valence-electron chi connectivity index (χ1n) is 6.87. The van der Waals surface area contributed by atoms with E-state index in [-0.39, 0.29) is 5.91 Å². The fourth-order valence-electron chi connectivity index (χ4n) is 1.94. The molecule has 0 radical (unpaired) electrons. The van der Waals surface area contributed by atoms with E-state index in [1.165, 1.54) is 0 Å². The highest BCUT2D eigenvalue weighted by Gasteiger charge is 2.04. The molecule has 0 fully saturated rings. The van der Waals surface area contributed by atoms with Crippen molar-refractivity contribution >= 4 is 21.8 Å². The van der Waals surface area contributed by atoms with E-state index in [0.29, 0.717) is 12.1 Å². The highest BCUT2D eigenvalue weighted by atomic mass is 79.9. The molecule has 112 valence electrons. The van der Waals surface area contributed by atoms with Crippen LogP contribution in [-0.2, 0) is 13.6 Å². The van der Waals surface area contributed by atoms with E-state index in [0.717, 1.165) is 29.5 Å². The fraction of sp³-hybridized carbons (Fsp3) is 0.333. The Balaban J connectivity index is 1.60. The summed E-state index contributed by atoms with van der Waals surface area (Å²) in [7, 11) is 1.90. The number of aryl methyl sites for hydroxylation is 1. The molecule has 0 aliphatic rings. The molecule has 0 spiro atoms. The van der Waals surface area contributed by atoms with Crippen molar-refractivity contribution in [3.8, 4) is 0 Å². The van der Waals surface area contributed by atoms with E-state index in [2.05, 4.69) is 31.7 Å². The Kier molecular flexibility index (Phi) is 5.95. The highest BCUT2D eigenvalue weighted by Crippen LogP contribution is 2.11. The van der Waals surface area contributed by atoms with Crippen LogP contribution < -0.4 is 10.6 Å². The monoisotopic (exact) mass is 350 g/mol. The van der Waals surface area contributed by atoms with Crippen LogP contribution in [0.15, 0.2) is 41.1 Å². The molecule has 1 aromatic heterocycles. The number of benzene rings is 1. The van der Waals surface area contributed by atoms with Gasteiger partial charge in [0.1, 0.15) is 0 Å². The molecular weight excluding hydrogens is 332 g/mol. The summed E-state index contributed by atoms with van der Waals surface area (Å²) in [6, 6.07) is 7.38. The zero-order valence-corrected chi connectivity index (χ0v) is 13.6. The lowest BCUT2D eigenvalue weighted by Gasteiger charge is -2.06. The predicted molar refractivity (Wildman–Crippen MR) is 86.0 cm³/mol. The average Bonchev–Trinajstić information content (AvgIpc) is 2.88. The second kappa shape index (κ2) is 7.95. The summed E-state index contributed by atoms with van der Waals surface area (Å²) in [5.41, 5.74) is 1.84. The summed E-state index contributed by atoms with van der Waals surface area (Å²) in [6.07, 6.45) is 4.73. The summed E-state index contributed by atoms with van der Waals surface area (Å²) in [6.45, 7) is 2.31. The third-order valence-corrected chi connectivity index (χ3v) is 3.48. The Hall–Kier alpha value is -1.66. The number of carbonyl (C=O) groups is 1. The number of amides is 1. The molecule has 2 aromatic rings. The first-order valence-corrected chi connectivity index (χ1v) is 7.66. The van der Waals surface area contributed by atoms with Gasteiger partial charge in [-0.2, -0.15) is 5.10 Å². The molecule has 0 bridgehead atoms. The number of aromatic nitrogens is 2. The third kappa shape index (κ3) is 5.32. The first kappa shape index (κ1) is 15.7. The number of nitrogens with one attached hydrogen (secondary N) is 2. The SMILES string of the molecule is Cn1cc(CNCCCNC(=O)c2cccc(Br)c2)cn1. The highest BCUT2D eigenvalue weighted by molar-refractivity contribution is 9.10. The van der Waals surface area contributed by atoms with Gasteiger partial charge in [-0.1, -0.05) is 22.0 Å². The summed E-state index contributed by atoms with van der Waals surface area (Å²) in [4.78, 5) is 11.9. The number of rotatable bonds is 7. The van der Waals surface area contributed by atoms with E-state index < -0.39 is 0 Å². The van der Waals surface area contributed by atoms with Crippen LogP contribution in [0.4, 0.5) is 0 Å². The lowest BCUT2D eigenvalue weighted by molar-refractivity contribution is 0.0953. The van der Waals surface area contributed by atoms with Crippen molar-refractivity contribution in [2.45, 2.75) is 13.0 Å². The number of carbonyl (C=O) groups excluding carboxylic acids is 1. The molecule has 1 aromatic carbocycles. The number of hydrogen-bond donors (Lipinski definition) is 2. The maximum absolute atomic E-state index is 11.9. The van der Waals surface area contributed by atoms with Crippen molar-refractivity contribution in [1.29, 1.82) is 0 Å². The van der Waals surface area contributed by atoms with Crippen molar-refractivity contribution in [2.75, 3.05) is 13.1 Å². The Morgan fingerprint density at radius 2 is 2.24 bits per heavy atom. The van der Waals surface area contributed by atoms with Gasteiger partial charge < -0.3 is 10.6 Å². The van der Waals surface area contributed by atoms with Crippen LogP contribution in [0.1, 0.15) is 22.3 Å². The van der Waals surface area contributed by atoms with Crippen molar-refractivity contribution in [1.82, 2.24) is 20.4 Å². The van der Waals surface area contributed by atoms with E-state index in [9.17, 15) is 4.79 Å². The fourth-order valence-corrected chi connectivity index (χ4v) is 2.34. The zero-order valence-electron chi connectivity index (χ0n) is 12.0. The van der Waals surface area contributed by atoms with E-state index in [1.54, 1.807) is 10.7 Å². The van der Waals surface area contributed by atoms with E-state index in [4.69, 9.17) is 0 Å². The minimum Gasteiger partial charge on any atom is -0.352 e. The smallest absolute Gasteiger partial charge is 0.251 e. The number of hydrogen-bond acceptors (Lipinski definition) is 3. The van der Waals surface area contributed by atoms with Crippen LogP contribution >= 0.6 is 15.9 Å². The molecule has 0 aliphatic heterocycles. The molecule has 0 unspecified atom stereocenters. The molecule has 1 heterocycles. The Morgan fingerprint density at radius 3 is 2.95 bits per heavy atom. The Labute approximate surface area is 132 Å².